The van der Waals surface area contributed by atoms with Crippen molar-refractivity contribution in [3.05, 3.63) is 101 Å². The molecule has 1 amide bonds. The van der Waals surface area contributed by atoms with Crippen LogP contribution in [-0.4, -0.2) is 31.7 Å². The number of benzene rings is 1. The molecule has 3 heterocycles. The minimum absolute atomic E-state index is 0.0687. The Morgan fingerprint density at radius 1 is 0.966 bits per heavy atom. The standard InChI is InChI=1S/C22H16FN3O3/c23-17-4-2-1-3-16(17)19-18(20(27)15-7-11-25-12-8-15)21(28)22(29)26(19)13-14-5-9-24-10-6-14/h1-12,19,27H,13H2/b20-18-. The van der Waals surface area contributed by atoms with Crippen molar-refractivity contribution in [1.29, 1.82) is 0 Å². The number of carbonyl (C=O) groups excluding carboxylic acids is 2. The Morgan fingerprint density at radius 3 is 2.24 bits per heavy atom. The number of likely N-dealkylation sites (tertiary alicyclic amines) is 1. The molecule has 1 fully saturated rings. The number of aromatic nitrogens is 2. The summed E-state index contributed by atoms with van der Waals surface area (Å²) < 4.78 is 14.7. The van der Waals surface area contributed by atoms with E-state index < -0.39 is 23.5 Å². The fourth-order valence-electron chi connectivity index (χ4n) is 3.41. The van der Waals surface area contributed by atoms with Crippen LogP contribution >= 0.6 is 0 Å². The number of carbonyl (C=O) groups is 2. The smallest absolute Gasteiger partial charge is 0.295 e. The van der Waals surface area contributed by atoms with Gasteiger partial charge < -0.3 is 10.0 Å². The maximum atomic E-state index is 14.7. The number of Topliss-reactive ketones (excluding diaryl/α,β-unsaturated/α-hetero) is 1. The molecule has 0 radical (unpaired) electrons. The van der Waals surface area contributed by atoms with Gasteiger partial charge in [0.25, 0.3) is 11.7 Å². The number of hydrogen-bond donors (Lipinski definition) is 1. The lowest BCUT2D eigenvalue weighted by molar-refractivity contribution is -0.140. The number of hydrogen-bond acceptors (Lipinski definition) is 5. The second-order valence-electron chi connectivity index (χ2n) is 6.54. The van der Waals surface area contributed by atoms with Gasteiger partial charge in [-0.1, -0.05) is 18.2 Å². The monoisotopic (exact) mass is 389 g/mol. The highest BCUT2D eigenvalue weighted by molar-refractivity contribution is 6.46. The summed E-state index contributed by atoms with van der Waals surface area (Å²) in [5.74, 6) is -2.59. The van der Waals surface area contributed by atoms with Gasteiger partial charge in [0.15, 0.2) is 0 Å². The molecule has 3 aromatic rings. The summed E-state index contributed by atoms with van der Waals surface area (Å²) in [6.07, 6.45) is 6.06. The van der Waals surface area contributed by atoms with Gasteiger partial charge in [-0.05, 0) is 35.9 Å². The van der Waals surface area contributed by atoms with Gasteiger partial charge in [-0.15, -0.1) is 0 Å². The maximum absolute atomic E-state index is 14.7. The van der Waals surface area contributed by atoms with E-state index in [9.17, 15) is 19.1 Å². The molecule has 1 aromatic carbocycles. The summed E-state index contributed by atoms with van der Waals surface area (Å²) in [4.78, 5) is 34.8. The zero-order valence-electron chi connectivity index (χ0n) is 15.2. The highest BCUT2D eigenvalue weighted by Crippen LogP contribution is 2.40. The molecule has 0 bridgehead atoms. The van der Waals surface area contributed by atoms with Crippen molar-refractivity contribution in [3.63, 3.8) is 0 Å². The lowest BCUT2D eigenvalue weighted by Gasteiger charge is -2.25. The van der Waals surface area contributed by atoms with Crippen molar-refractivity contribution in [2.24, 2.45) is 0 Å². The molecule has 4 rings (SSSR count). The van der Waals surface area contributed by atoms with Crippen LogP contribution in [0.3, 0.4) is 0 Å². The van der Waals surface area contributed by atoms with E-state index in [1.54, 1.807) is 30.6 Å². The second kappa shape index (κ2) is 7.63. The van der Waals surface area contributed by atoms with Crippen molar-refractivity contribution < 1.29 is 19.1 Å². The number of pyridine rings is 2. The number of amides is 1. The van der Waals surface area contributed by atoms with Crippen LogP contribution in [-0.2, 0) is 16.1 Å². The summed E-state index contributed by atoms with van der Waals surface area (Å²) in [7, 11) is 0. The molecule has 7 heteroatoms. The van der Waals surface area contributed by atoms with Crippen LogP contribution in [0.5, 0.6) is 0 Å². The molecule has 29 heavy (non-hydrogen) atoms. The van der Waals surface area contributed by atoms with Crippen LogP contribution in [0.15, 0.2) is 78.9 Å². The van der Waals surface area contributed by atoms with Crippen LogP contribution in [0.2, 0.25) is 0 Å². The fraction of sp³-hybridized carbons (Fsp3) is 0.0909. The van der Waals surface area contributed by atoms with Crippen LogP contribution in [0.1, 0.15) is 22.7 Å². The predicted molar refractivity (Wildman–Crippen MR) is 103 cm³/mol. The van der Waals surface area contributed by atoms with E-state index in [1.165, 1.54) is 47.6 Å². The molecular formula is C22H16FN3O3. The molecule has 1 saturated heterocycles. The van der Waals surface area contributed by atoms with Gasteiger partial charge in [-0.25, -0.2) is 4.39 Å². The molecule has 144 valence electrons. The molecule has 1 aliphatic heterocycles. The first-order valence-electron chi connectivity index (χ1n) is 8.90. The lowest BCUT2D eigenvalue weighted by Crippen LogP contribution is -2.29. The predicted octanol–water partition coefficient (Wildman–Crippen LogP) is 3.24. The van der Waals surface area contributed by atoms with Gasteiger partial charge in [-0.3, -0.25) is 19.6 Å². The molecule has 1 aliphatic rings. The van der Waals surface area contributed by atoms with Crippen LogP contribution in [0.4, 0.5) is 4.39 Å². The molecular weight excluding hydrogens is 373 g/mol. The Bertz CT molecular complexity index is 1100. The molecule has 1 unspecified atom stereocenters. The number of nitrogens with zero attached hydrogens (tertiary/aromatic N) is 3. The Balaban J connectivity index is 1.89. The lowest BCUT2D eigenvalue weighted by atomic mass is 9.95. The van der Waals surface area contributed by atoms with Crippen molar-refractivity contribution in [1.82, 2.24) is 14.9 Å². The minimum Gasteiger partial charge on any atom is -0.507 e. The third-order valence-corrected chi connectivity index (χ3v) is 4.80. The minimum atomic E-state index is -1.06. The molecule has 6 nitrogen and oxygen atoms in total. The molecule has 1 N–H and O–H groups in total. The molecule has 0 aliphatic carbocycles. The molecule has 0 spiro atoms. The van der Waals surface area contributed by atoms with Crippen LogP contribution in [0.25, 0.3) is 5.76 Å². The van der Waals surface area contributed by atoms with E-state index in [2.05, 4.69) is 9.97 Å². The summed E-state index contributed by atoms with van der Waals surface area (Å²) in [6.45, 7) is 0.0687. The SMILES string of the molecule is O=C1C(=O)N(Cc2ccncc2)C(c2ccccc2F)/C1=C(/O)c1ccncc1. The van der Waals surface area contributed by atoms with Crippen LogP contribution < -0.4 is 0 Å². The fourth-order valence-corrected chi connectivity index (χ4v) is 3.41. The third kappa shape index (κ3) is 3.38. The summed E-state index contributed by atoms with van der Waals surface area (Å²) in [5, 5.41) is 10.8. The Kier molecular flexibility index (Phi) is 4.87. The number of ketones is 1. The molecule has 0 saturated carbocycles. The topological polar surface area (TPSA) is 83.4 Å². The van der Waals surface area contributed by atoms with E-state index in [0.29, 0.717) is 5.56 Å². The maximum Gasteiger partial charge on any atom is 0.295 e. The van der Waals surface area contributed by atoms with E-state index in [1.807, 2.05) is 0 Å². The average Bonchev–Trinajstić information content (AvgIpc) is 3.00. The molecule has 1 atom stereocenters. The van der Waals surface area contributed by atoms with Crippen molar-refractivity contribution in [2.75, 3.05) is 0 Å². The average molecular weight is 389 g/mol. The Hall–Kier alpha value is -3.87. The van der Waals surface area contributed by atoms with Crippen LogP contribution in [0, 0.1) is 5.82 Å². The highest BCUT2D eigenvalue weighted by Gasteiger charge is 2.46. The van der Waals surface area contributed by atoms with Gasteiger partial charge in [0, 0.05) is 42.5 Å². The van der Waals surface area contributed by atoms with E-state index in [0.717, 1.165) is 5.56 Å². The van der Waals surface area contributed by atoms with Crippen molar-refractivity contribution >= 4 is 17.4 Å². The Morgan fingerprint density at radius 2 is 1.59 bits per heavy atom. The van der Waals surface area contributed by atoms with Gasteiger partial charge in [0.2, 0.25) is 0 Å². The number of aliphatic hydroxyl groups excluding tert-OH is 1. The number of halogens is 1. The van der Waals surface area contributed by atoms with E-state index in [4.69, 9.17) is 0 Å². The second-order valence-corrected chi connectivity index (χ2v) is 6.54. The van der Waals surface area contributed by atoms with Gasteiger partial charge >= 0.3 is 0 Å². The van der Waals surface area contributed by atoms with Crippen molar-refractivity contribution in [2.45, 2.75) is 12.6 Å². The summed E-state index contributed by atoms with van der Waals surface area (Å²) in [6, 6.07) is 11.3. The summed E-state index contributed by atoms with van der Waals surface area (Å²) >= 11 is 0. The number of rotatable bonds is 4. The van der Waals surface area contributed by atoms with Gasteiger partial charge in [-0.2, -0.15) is 0 Å². The number of aliphatic hydroxyl groups is 1. The zero-order chi connectivity index (χ0) is 20.4. The normalized spacial score (nSPS) is 18.2. The van der Waals surface area contributed by atoms with E-state index in [-0.39, 0.29) is 23.4 Å². The quantitative estimate of drug-likeness (QED) is 0.421. The van der Waals surface area contributed by atoms with Crippen molar-refractivity contribution in [3.8, 4) is 0 Å². The first kappa shape index (κ1) is 18.5. The first-order valence-corrected chi connectivity index (χ1v) is 8.90. The highest BCUT2D eigenvalue weighted by atomic mass is 19.1. The first-order chi connectivity index (χ1) is 14.1. The molecule has 2 aromatic heterocycles. The Labute approximate surface area is 166 Å². The van der Waals surface area contributed by atoms with Gasteiger partial charge in [0.05, 0.1) is 11.6 Å². The van der Waals surface area contributed by atoms with E-state index >= 15 is 0 Å². The third-order valence-electron chi connectivity index (χ3n) is 4.80. The largest absolute Gasteiger partial charge is 0.507 e. The zero-order valence-corrected chi connectivity index (χ0v) is 15.2. The summed E-state index contributed by atoms with van der Waals surface area (Å²) in [5.41, 5.74) is 1.03. The van der Waals surface area contributed by atoms with Gasteiger partial charge in [0.1, 0.15) is 11.6 Å².